The SMILES string of the molecule is COCCOc1nc(N)c2[nH]c(=O)n(Cc3ccc(C(=O)NCCCCCC(=O)N(CCCO[C@H]4O[C@H](CO)[C@H](O)[C@H](O)[C@H]4NC(C)=O)CCC(=O)N(CCCO[C@H]4O[C@H](CO)[C@H](O)[C@H](O)[C@H]4NC(C)=O)CCC(=O)N(CCCO[C@H]4O[C@H](CO)[C@H](O)[C@H](O)[C@H]4NC(C)=O)CCC(=O)OC(C)(C)C)cc3)c2n1. The molecule has 602 valence electrons. The molecule has 7 amide bonds. The number of unbranched alkanes of at least 4 members (excludes halogenated alkanes) is 2. The minimum absolute atomic E-state index is 0.0154. The van der Waals surface area contributed by atoms with E-state index in [1.165, 1.54) is 47.1 Å². The number of imidazole rings is 1. The van der Waals surface area contributed by atoms with E-state index < -0.39 is 159 Å². The lowest BCUT2D eigenvalue weighted by atomic mass is 9.97. The summed E-state index contributed by atoms with van der Waals surface area (Å²) in [5.74, 6) is -4.22. The number of nitrogen functional groups attached to an aromatic ring is 1. The van der Waals surface area contributed by atoms with Crippen molar-refractivity contribution in [1.29, 1.82) is 0 Å². The van der Waals surface area contributed by atoms with Crippen molar-refractivity contribution < 1.29 is 127 Å². The molecule has 0 aliphatic carbocycles. The molecule has 39 heteroatoms. The van der Waals surface area contributed by atoms with Gasteiger partial charge >= 0.3 is 17.7 Å². The van der Waals surface area contributed by atoms with Gasteiger partial charge in [-0.3, -0.25) is 42.9 Å². The number of hydrogen-bond donors (Lipinski definition) is 15. The van der Waals surface area contributed by atoms with Gasteiger partial charge in [-0.05, 0) is 70.6 Å². The summed E-state index contributed by atoms with van der Waals surface area (Å²) in [6.45, 7) is 5.81. The maximum absolute atomic E-state index is 14.7. The summed E-state index contributed by atoms with van der Waals surface area (Å²) in [6.07, 6.45) is -17.1. The van der Waals surface area contributed by atoms with E-state index in [0.717, 1.165) is 0 Å². The number of nitrogens with one attached hydrogen (secondary N) is 5. The third kappa shape index (κ3) is 27.1. The van der Waals surface area contributed by atoms with E-state index in [9.17, 15) is 89.1 Å². The topological polar surface area (TPSA) is 549 Å². The predicted octanol–water partition coefficient (Wildman–Crippen LogP) is -4.89. The number of nitrogens with zero attached hydrogens (tertiary/aromatic N) is 6. The molecule has 107 heavy (non-hydrogen) atoms. The molecule has 16 N–H and O–H groups in total. The number of aromatic nitrogens is 4. The number of carbonyl (C=O) groups is 8. The molecule has 0 bridgehead atoms. The Kier molecular flexibility index (Phi) is 35.8. The van der Waals surface area contributed by atoms with Crippen LogP contribution in [-0.2, 0) is 78.0 Å². The van der Waals surface area contributed by atoms with Crippen LogP contribution in [0.4, 0.5) is 5.82 Å². The lowest BCUT2D eigenvalue weighted by Crippen LogP contribution is -2.64. The zero-order valence-corrected chi connectivity index (χ0v) is 61.5. The van der Waals surface area contributed by atoms with E-state index >= 15 is 0 Å². The van der Waals surface area contributed by atoms with Crippen molar-refractivity contribution in [2.75, 3.05) is 112 Å². The molecule has 1 aromatic carbocycles. The van der Waals surface area contributed by atoms with Crippen LogP contribution in [0.1, 0.15) is 122 Å². The number of aliphatic hydroxyl groups excluding tert-OH is 9. The molecule has 0 saturated carbocycles. The lowest BCUT2D eigenvalue weighted by Gasteiger charge is -2.42. The number of H-pyrrole nitrogens is 1. The number of methoxy groups -OCH3 is 1. The van der Waals surface area contributed by atoms with Crippen molar-refractivity contribution in [3.63, 3.8) is 0 Å². The van der Waals surface area contributed by atoms with Crippen molar-refractivity contribution in [3.05, 3.63) is 45.9 Å². The molecule has 3 fully saturated rings. The number of rotatable bonds is 43. The van der Waals surface area contributed by atoms with Gasteiger partial charge in [-0.1, -0.05) is 18.6 Å². The van der Waals surface area contributed by atoms with Gasteiger partial charge in [0.05, 0.1) is 59.2 Å². The Labute approximate surface area is 617 Å². The standard InChI is InChI=1S/C68H108N12O27/c1-38(84)71-50-57(94)54(91)43(35-81)104-63(50)100-29-11-23-77(46(87)14-9-8-10-22-70-62(97)42-17-15-41(16-18-42)34-80-61-53(74-67(80)98)60(69)75-66(76-61)103-33-32-99-7)26-19-47(88)78(24-12-30-101-64-51(72-39(2)85)58(95)55(92)44(36-82)105-64)27-20-48(89)79(28-21-49(90)107-68(4,5)6)25-13-31-102-65-52(73-40(3)86)59(96)56(93)45(37-83)106-65/h15-18,43-45,50-52,54-59,63-65,81-83,91-96H,8-14,19-37H2,1-7H3,(H,70,97)(H,71,84)(H,72,85)(H,73,86)(H,74,98)(H2,69,75,76)/t43-,44-,45-,50-,51-,52-,54+,55+,56+,57-,58-,59-,63+,64+,65+/m1/s1. The summed E-state index contributed by atoms with van der Waals surface area (Å²) in [5.41, 5.74) is 6.18. The normalized spacial score (nSPS) is 24.4. The van der Waals surface area contributed by atoms with Crippen molar-refractivity contribution in [2.24, 2.45) is 0 Å². The molecule has 0 unspecified atom stereocenters. The molecule has 3 aromatic rings. The van der Waals surface area contributed by atoms with Gasteiger partial charge in [-0.15, -0.1) is 0 Å². The van der Waals surface area contributed by atoms with Crippen molar-refractivity contribution >= 4 is 64.3 Å². The minimum Gasteiger partial charge on any atom is -0.461 e. The van der Waals surface area contributed by atoms with Crippen LogP contribution in [0.25, 0.3) is 11.2 Å². The Morgan fingerprint density at radius 2 is 0.991 bits per heavy atom. The minimum atomic E-state index is -1.63. The van der Waals surface area contributed by atoms with Crippen molar-refractivity contribution in [1.82, 2.24) is 55.5 Å². The molecule has 3 saturated heterocycles. The highest BCUT2D eigenvalue weighted by Gasteiger charge is 2.48. The molecular weight excluding hydrogens is 1420 g/mol. The summed E-state index contributed by atoms with van der Waals surface area (Å²) in [4.78, 5) is 135. The van der Waals surface area contributed by atoms with Gasteiger partial charge in [0.15, 0.2) is 30.3 Å². The number of fused-ring (bicyclic) bond motifs is 1. The number of ether oxygens (including phenoxy) is 9. The maximum Gasteiger partial charge on any atom is 0.328 e. The Bertz CT molecular complexity index is 3400. The molecule has 15 atom stereocenters. The first kappa shape index (κ1) is 88.2. The van der Waals surface area contributed by atoms with E-state index in [1.54, 1.807) is 45.0 Å². The molecule has 0 radical (unpaired) electrons. The number of nitrogens with two attached hydrogens (primary N) is 1. The molecule has 5 heterocycles. The average molecular weight is 1530 g/mol. The highest BCUT2D eigenvalue weighted by atomic mass is 16.7. The van der Waals surface area contributed by atoms with Crippen molar-refractivity contribution in [3.8, 4) is 6.01 Å². The van der Waals surface area contributed by atoms with Crippen LogP contribution in [0.3, 0.4) is 0 Å². The van der Waals surface area contributed by atoms with Gasteiger partial charge in [0.2, 0.25) is 35.4 Å². The number of benzene rings is 1. The van der Waals surface area contributed by atoms with E-state index in [1.807, 2.05) is 0 Å². The molecule has 3 aliphatic heterocycles. The molecule has 39 nitrogen and oxygen atoms in total. The van der Waals surface area contributed by atoms with Gasteiger partial charge in [-0.25, -0.2) is 4.79 Å². The molecular formula is C68H108N12O27. The fourth-order valence-electron chi connectivity index (χ4n) is 12.1. The highest BCUT2D eigenvalue weighted by Crippen LogP contribution is 2.27. The van der Waals surface area contributed by atoms with Crippen LogP contribution < -0.4 is 37.4 Å². The number of esters is 1. The van der Waals surface area contributed by atoms with Crippen LogP contribution in [0, 0.1) is 0 Å². The Morgan fingerprint density at radius 1 is 0.561 bits per heavy atom. The van der Waals surface area contributed by atoms with Crippen LogP contribution >= 0.6 is 0 Å². The molecule has 3 aliphatic rings. The highest BCUT2D eigenvalue weighted by molar-refractivity contribution is 5.94. The zero-order chi connectivity index (χ0) is 78.7. The second-order valence-corrected chi connectivity index (χ2v) is 27.2. The third-order valence-corrected chi connectivity index (χ3v) is 17.6. The van der Waals surface area contributed by atoms with Gasteiger partial charge in [-0.2, -0.15) is 9.97 Å². The van der Waals surface area contributed by atoms with Gasteiger partial charge in [0.1, 0.15) is 90.8 Å². The molecule has 2 aromatic heterocycles. The van der Waals surface area contributed by atoms with Crippen LogP contribution in [0.5, 0.6) is 6.01 Å². The van der Waals surface area contributed by atoms with Gasteiger partial charge in [0, 0.05) is 98.5 Å². The monoisotopic (exact) mass is 1520 g/mol. The largest absolute Gasteiger partial charge is 0.461 e. The number of carbonyl (C=O) groups excluding carboxylic acids is 8. The number of aliphatic hydroxyl groups is 9. The van der Waals surface area contributed by atoms with Gasteiger partial charge in [0.25, 0.3) is 5.91 Å². The van der Waals surface area contributed by atoms with Gasteiger partial charge < -0.3 is 135 Å². The van der Waals surface area contributed by atoms with E-state index in [2.05, 4.69) is 36.2 Å². The predicted molar refractivity (Wildman–Crippen MR) is 374 cm³/mol. The summed E-state index contributed by atoms with van der Waals surface area (Å²) in [7, 11) is 1.51. The fourth-order valence-corrected chi connectivity index (χ4v) is 12.1. The maximum atomic E-state index is 14.7. The van der Waals surface area contributed by atoms with E-state index in [4.69, 9.17) is 48.4 Å². The summed E-state index contributed by atoms with van der Waals surface area (Å²) in [5, 5.41) is 104. The zero-order valence-electron chi connectivity index (χ0n) is 61.5. The summed E-state index contributed by atoms with van der Waals surface area (Å²) in [6, 6.07) is 2.73. The number of amides is 7. The number of hydrogen-bond acceptors (Lipinski definition) is 30. The first-order valence-corrected chi connectivity index (χ1v) is 35.7. The van der Waals surface area contributed by atoms with Crippen LogP contribution in [0.2, 0.25) is 0 Å². The average Bonchev–Trinajstić information content (AvgIpc) is 1.69. The number of anilines is 1. The van der Waals surface area contributed by atoms with Crippen LogP contribution in [0.15, 0.2) is 29.1 Å². The Balaban J connectivity index is 1.15. The molecule has 6 rings (SSSR count). The molecule has 0 spiro atoms. The summed E-state index contributed by atoms with van der Waals surface area (Å²) >= 11 is 0. The van der Waals surface area contributed by atoms with Crippen LogP contribution in [-0.4, -0.2) is 331 Å². The first-order chi connectivity index (χ1) is 50.9. The second-order valence-electron chi connectivity index (χ2n) is 27.2. The fraction of sp³-hybridized carbons (Fsp3) is 0.721. The lowest BCUT2D eigenvalue weighted by molar-refractivity contribution is -0.270. The quantitative estimate of drug-likeness (QED) is 0.0187. The van der Waals surface area contributed by atoms with E-state index in [-0.39, 0.29) is 165 Å². The second kappa shape index (κ2) is 43.5. The third-order valence-electron chi connectivity index (χ3n) is 17.6. The first-order valence-electron chi connectivity index (χ1n) is 35.7. The van der Waals surface area contributed by atoms with E-state index in [0.29, 0.717) is 30.4 Å². The smallest absolute Gasteiger partial charge is 0.328 e. The Morgan fingerprint density at radius 3 is 1.40 bits per heavy atom. The number of aromatic amines is 1. The summed E-state index contributed by atoms with van der Waals surface area (Å²) < 4.78 is 52.4. The van der Waals surface area contributed by atoms with Crippen molar-refractivity contribution in [2.45, 2.75) is 210 Å². The Hall–Kier alpha value is -7.71.